The zero-order chi connectivity index (χ0) is 14.4. The van der Waals surface area contributed by atoms with Crippen molar-refractivity contribution in [3.8, 4) is 0 Å². The molecule has 0 aromatic carbocycles. The van der Waals surface area contributed by atoms with E-state index in [9.17, 15) is 4.79 Å². The monoisotopic (exact) mass is 275 g/mol. The molecule has 0 amide bonds. The Kier molecular flexibility index (Phi) is 4.11. The summed E-state index contributed by atoms with van der Waals surface area (Å²) in [5, 5.41) is 9.30. The standard InChI is InChI=1S/C13H25NO3S/c1-11(2)7-8(12(3,4)17-11)18-13(5,6)9(14)10(15)16/h8-9H,7,14H2,1-6H3,(H,15,16)/t8?,9-/m0/s1. The third-order valence-electron chi connectivity index (χ3n) is 3.45. The largest absolute Gasteiger partial charge is 0.480 e. The molecule has 0 bridgehead atoms. The Labute approximate surface area is 114 Å². The predicted octanol–water partition coefficient (Wildman–Crippen LogP) is 2.26. The molecule has 1 aliphatic rings. The van der Waals surface area contributed by atoms with Crippen LogP contribution in [0.15, 0.2) is 0 Å². The number of thioether (sulfide) groups is 1. The van der Waals surface area contributed by atoms with Gasteiger partial charge in [0.15, 0.2) is 0 Å². The number of carbonyl (C=O) groups is 1. The zero-order valence-electron chi connectivity index (χ0n) is 12.1. The summed E-state index contributed by atoms with van der Waals surface area (Å²) in [6.07, 6.45) is 0.903. The maximum absolute atomic E-state index is 11.0. The molecule has 1 aliphatic heterocycles. The molecular weight excluding hydrogens is 250 g/mol. The van der Waals surface area contributed by atoms with Crippen molar-refractivity contribution < 1.29 is 14.6 Å². The zero-order valence-corrected chi connectivity index (χ0v) is 12.9. The van der Waals surface area contributed by atoms with Crippen LogP contribution in [0.25, 0.3) is 0 Å². The summed E-state index contributed by atoms with van der Waals surface area (Å²) in [6, 6.07) is -0.873. The van der Waals surface area contributed by atoms with Gasteiger partial charge in [0, 0.05) is 10.00 Å². The molecule has 0 aromatic heterocycles. The Morgan fingerprint density at radius 3 is 2.28 bits per heavy atom. The van der Waals surface area contributed by atoms with Crippen molar-refractivity contribution in [2.24, 2.45) is 5.73 Å². The van der Waals surface area contributed by atoms with Gasteiger partial charge in [-0.1, -0.05) is 0 Å². The molecule has 3 N–H and O–H groups in total. The van der Waals surface area contributed by atoms with Crippen molar-refractivity contribution in [2.45, 2.75) is 75.2 Å². The average molecular weight is 275 g/mol. The quantitative estimate of drug-likeness (QED) is 0.823. The van der Waals surface area contributed by atoms with E-state index in [1.807, 2.05) is 13.8 Å². The maximum atomic E-state index is 11.0. The number of aliphatic carboxylic acids is 1. The lowest BCUT2D eigenvalue weighted by atomic mass is 10.00. The van der Waals surface area contributed by atoms with E-state index in [1.165, 1.54) is 0 Å². The van der Waals surface area contributed by atoms with Gasteiger partial charge in [0.05, 0.1) is 11.2 Å². The van der Waals surface area contributed by atoms with E-state index in [4.69, 9.17) is 15.6 Å². The molecule has 1 rings (SSSR count). The minimum atomic E-state index is -0.955. The molecule has 1 saturated heterocycles. The Morgan fingerprint density at radius 2 is 1.94 bits per heavy atom. The third-order valence-corrected chi connectivity index (χ3v) is 5.33. The van der Waals surface area contributed by atoms with Crippen molar-refractivity contribution in [3.63, 3.8) is 0 Å². The number of carboxylic acids is 1. The minimum Gasteiger partial charge on any atom is -0.480 e. The SMILES string of the molecule is CC1(C)CC(SC(C)(C)[C@@H](N)C(=O)O)C(C)(C)O1. The molecule has 0 spiro atoms. The summed E-state index contributed by atoms with van der Waals surface area (Å²) in [5.41, 5.74) is 5.34. The second-order valence-corrected chi connectivity index (χ2v) is 8.55. The van der Waals surface area contributed by atoms with E-state index in [0.717, 1.165) is 6.42 Å². The second kappa shape index (κ2) is 4.69. The van der Waals surface area contributed by atoms with Crippen LogP contribution in [0.2, 0.25) is 0 Å². The molecule has 1 fully saturated rings. The minimum absolute atomic E-state index is 0.162. The first-order valence-corrected chi connectivity index (χ1v) is 7.12. The Morgan fingerprint density at radius 1 is 1.44 bits per heavy atom. The van der Waals surface area contributed by atoms with Crippen LogP contribution < -0.4 is 5.73 Å². The predicted molar refractivity (Wildman–Crippen MR) is 74.9 cm³/mol. The Balaban J connectivity index is 2.82. The van der Waals surface area contributed by atoms with Crippen molar-refractivity contribution in [3.05, 3.63) is 0 Å². The van der Waals surface area contributed by atoms with Crippen LogP contribution in [0.3, 0.4) is 0 Å². The number of ether oxygens (including phenoxy) is 1. The van der Waals surface area contributed by atoms with Crippen LogP contribution in [0.4, 0.5) is 0 Å². The van der Waals surface area contributed by atoms with E-state index in [-0.39, 0.29) is 16.5 Å². The Hall–Kier alpha value is -0.260. The van der Waals surface area contributed by atoms with E-state index in [2.05, 4.69) is 27.7 Å². The summed E-state index contributed by atoms with van der Waals surface area (Å²) in [6.45, 7) is 12.0. The van der Waals surface area contributed by atoms with Crippen molar-refractivity contribution in [1.29, 1.82) is 0 Å². The summed E-state index contributed by atoms with van der Waals surface area (Å²) < 4.78 is 5.51. The van der Waals surface area contributed by atoms with Crippen LogP contribution in [0, 0.1) is 0 Å². The van der Waals surface area contributed by atoms with E-state index < -0.39 is 16.8 Å². The highest BCUT2D eigenvalue weighted by Gasteiger charge is 2.49. The Bertz CT molecular complexity index is 339. The molecule has 0 aromatic rings. The molecule has 1 heterocycles. The van der Waals surface area contributed by atoms with Crippen LogP contribution in [0.1, 0.15) is 48.0 Å². The van der Waals surface area contributed by atoms with Gasteiger partial charge in [-0.3, -0.25) is 4.79 Å². The van der Waals surface area contributed by atoms with Crippen molar-refractivity contribution in [1.82, 2.24) is 0 Å². The van der Waals surface area contributed by atoms with Crippen LogP contribution in [-0.4, -0.2) is 38.3 Å². The molecule has 0 radical (unpaired) electrons. The van der Waals surface area contributed by atoms with Gasteiger partial charge in [-0.05, 0) is 48.0 Å². The van der Waals surface area contributed by atoms with E-state index >= 15 is 0 Å². The van der Waals surface area contributed by atoms with Gasteiger partial charge in [0.25, 0.3) is 0 Å². The highest BCUT2D eigenvalue weighted by atomic mass is 32.2. The van der Waals surface area contributed by atoms with Gasteiger partial charge in [0.2, 0.25) is 0 Å². The van der Waals surface area contributed by atoms with Gasteiger partial charge in [0.1, 0.15) is 6.04 Å². The van der Waals surface area contributed by atoms with Gasteiger partial charge < -0.3 is 15.6 Å². The molecular formula is C13H25NO3S. The third kappa shape index (κ3) is 3.39. The van der Waals surface area contributed by atoms with Gasteiger partial charge in [-0.15, -0.1) is 11.8 Å². The summed E-state index contributed by atoms with van der Waals surface area (Å²) in [4.78, 5) is 11.0. The lowest BCUT2D eigenvalue weighted by molar-refractivity contribution is -0.139. The number of rotatable bonds is 4. The van der Waals surface area contributed by atoms with E-state index in [1.54, 1.807) is 11.8 Å². The fourth-order valence-electron chi connectivity index (χ4n) is 2.43. The van der Waals surface area contributed by atoms with Crippen LogP contribution >= 0.6 is 11.8 Å². The average Bonchev–Trinajstić information content (AvgIpc) is 2.31. The van der Waals surface area contributed by atoms with E-state index in [0.29, 0.717) is 0 Å². The smallest absolute Gasteiger partial charge is 0.321 e. The lowest BCUT2D eigenvalue weighted by Gasteiger charge is -2.35. The van der Waals surface area contributed by atoms with Crippen molar-refractivity contribution >= 4 is 17.7 Å². The molecule has 0 aliphatic carbocycles. The lowest BCUT2D eigenvalue weighted by Crippen LogP contribution is -2.49. The molecule has 0 saturated carbocycles. The maximum Gasteiger partial charge on any atom is 0.321 e. The normalized spacial score (nSPS) is 28.1. The topological polar surface area (TPSA) is 72.6 Å². The molecule has 18 heavy (non-hydrogen) atoms. The number of hydrogen-bond donors (Lipinski definition) is 2. The number of carboxylic acid groups (broad SMARTS) is 1. The highest BCUT2D eigenvalue weighted by Crippen LogP contribution is 2.48. The first-order chi connectivity index (χ1) is 7.87. The van der Waals surface area contributed by atoms with Crippen LogP contribution in [-0.2, 0) is 9.53 Å². The van der Waals surface area contributed by atoms with Crippen molar-refractivity contribution in [2.75, 3.05) is 0 Å². The van der Waals surface area contributed by atoms with Gasteiger partial charge >= 0.3 is 5.97 Å². The van der Waals surface area contributed by atoms with Crippen LogP contribution in [0.5, 0.6) is 0 Å². The fourth-order valence-corrected chi connectivity index (χ4v) is 4.23. The molecule has 4 nitrogen and oxygen atoms in total. The summed E-state index contributed by atoms with van der Waals surface area (Å²) >= 11 is 1.62. The number of hydrogen-bond acceptors (Lipinski definition) is 4. The molecule has 5 heteroatoms. The van der Waals surface area contributed by atoms with Gasteiger partial charge in [-0.25, -0.2) is 0 Å². The molecule has 1 unspecified atom stereocenters. The molecule has 2 atom stereocenters. The molecule has 106 valence electrons. The second-order valence-electron chi connectivity index (χ2n) is 6.70. The number of nitrogens with two attached hydrogens (primary N) is 1. The first-order valence-electron chi connectivity index (χ1n) is 6.24. The summed E-state index contributed by atoms with van der Waals surface area (Å²) in [5.74, 6) is -0.955. The van der Waals surface area contributed by atoms with Gasteiger partial charge in [-0.2, -0.15) is 0 Å². The summed E-state index contributed by atoms with van der Waals surface area (Å²) in [7, 11) is 0. The fraction of sp³-hybridized carbons (Fsp3) is 0.923. The first kappa shape index (κ1) is 15.8. The highest BCUT2D eigenvalue weighted by molar-refractivity contribution is 8.01.